The van der Waals surface area contributed by atoms with Gasteiger partial charge in [0.15, 0.2) is 0 Å². The molecule has 0 bridgehead atoms. The van der Waals surface area contributed by atoms with Crippen molar-refractivity contribution in [2.45, 2.75) is 19.3 Å². The van der Waals surface area contributed by atoms with Gasteiger partial charge in [-0.25, -0.2) is 4.98 Å². The van der Waals surface area contributed by atoms with Gasteiger partial charge in [0.05, 0.1) is 0 Å². The summed E-state index contributed by atoms with van der Waals surface area (Å²) in [7, 11) is 0. The number of imidazole rings is 1. The van der Waals surface area contributed by atoms with Gasteiger partial charge < -0.3 is 14.6 Å². The summed E-state index contributed by atoms with van der Waals surface area (Å²) in [5.41, 5.74) is 1.28. The molecule has 3 rings (SSSR count). The van der Waals surface area contributed by atoms with Gasteiger partial charge in [0, 0.05) is 18.9 Å². The number of hydrogen-bond acceptors (Lipinski definition) is 3. The van der Waals surface area contributed by atoms with Crippen LogP contribution >= 0.6 is 0 Å². The Balaban J connectivity index is 1.48. The maximum atomic E-state index is 12.0. The number of likely N-dealkylation sites (tertiary alicyclic amines) is 1. The number of fused-ring (bicyclic) bond motifs is 1. The number of carbonyl (C=O) groups excluding carboxylic acids is 1. The van der Waals surface area contributed by atoms with Crippen LogP contribution in [0.3, 0.4) is 0 Å². The van der Waals surface area contributed by atoms with Gasteiger partial charge in [-0.15, -0.1) is 0 Å². The average Bonchev–Trinajstić information content (AvgIpc) is 3.12. The Labute approximate surface area is 118 Å². The van der Waals surface area contributed by atoms with E-state index in [1.165, 1.54) is 25.9 Å². The van der Waals surface area contributed by atoms with Crippen molar-refractivity contribution in [3.8, 4) is 0 Å². The zero-order valence-corrected chi connectivity index (χ0v) is 11.6. The zero-order chi connectivity index (χ0) is 13.8. The van der Waals surface area contributed by atoms with E-state index in [0.717, 1.165) is 18.6 Å². The van der Waals surface area contributed by atoms with Gasteiger partial charge in [-0.3, -0.25) is 4.79 Å². The molecule has 0 unspecified atom stereocenters. The summed E-state index contributed by atoms with van der Waals surface area (Å²) < 4.78 is 1.86. The lowest BCUT2D eigenvalue weighted by Gasteiger charge is -2.13. The fourth-order valence-electron chi connectivity index (χ4n) is 2.65. The van der Waals surface area contributed by atoms with E-state index >= 15 is 0 Å². The van der Waals surface area contributed by atoms with Crippen LogP contribution in [0.5, 0.6) is 0 Å². The third-order valence-corrected chi connectivity index (χ3v) is 3.73. The van der Waals surface area contributed by atoms with Crippen LogP contribution in [0, 0.1) is 0 Å². The topological polar surface area (TPSA) is 49.6 Å². The van der Waals surface area contributed by atoms with Gasteiger partial charge in [-0.1, -0.05) is 6.07 Å². The minimum Gasteiger partial charge on any atom is -0.351 e. The minimum absolute atomic E-state index is 0.0879. The van der Waals surface area contributed by atoms with Crippen LogP contribution in [0.4, 0.5) is 0 Å². The van der Waals surface area contributed by atoms with Gasteiger partial charge in [-0.2, -0.15) is 0 Å². The Morgan fingerprint density at radius 1 is 1.30 bits per heavy atom. The van der Waals surface area contributed by atoms with E-state index in [-0.39, 0.29) is 5.91 Å². The van der Waals surface area contributed by atoms with Crippen LogP contribution in [0.2, 0.25) is 0 Å². The highest BCUT2D eigenvalue weighted by Gasteiger charge is 2.12. The van der Waals surface area contributed by atoms with E-state index in [4.69, 9.17) is 0 Å². The molecule has 1 fully saturated rings. The molecule has 5 heteroatoms. The molecule has 0 spiro atoms. The number of aromatic nitrogens is 2. The highest BCUT2D eigenvalue weighted by molar-refractivity contribution is 5.92. The maximum Gasteiger partial charge on any atom is 0.271 e. The summed E-state index contributed by atoms with van der Waals surface area (Å²) in [5.74, 6) is -0.0879. The molecular formula is C15H20N4O. The Morgan fingerprint density at radius 3 is 2.95 bits per heavy atom. The predicted octanol–water partition coefficient (Wildman–Crippen LogP) is 1.55. The van der Waals surface area contributed by atoms with E-state index in [0.29, 0.717) is 12.2 Å². The Kier molecular flexibility index (Phi) is 3.97. The number of rotatable bonds is 5. The second kappa shape index (κ2) is 6.05. The van der Waals surface area contributed by atoms with Crippen LogP contribution in [0.1, 0.15) is 29.8 Å². The third-order valence-electron chi connectivity index (χ3n) is 3.73. The van der Waals surface area contributed by atoms with Crippen LogP contribution in [-0.4, -0.2) is 46.4 Å². The second-order valence-electron chi connectivity index (χ2n) is 5.25. The van der Waals surface area contributed by atoms with Crippen molar-refractivity contribution >= 4 is 11.6 Å². The van der Waals surface area contributed by atoms with E-state index in [9.17, 15) is 4.79 Å². The van der Waals surface area contributed by atoms with Crippen molar-refractivity contribution in [2.24, 2.45) is 0 Å². The predicted molar refractivity (Wildman–Crippen MR) is 77.8 cm³/mol. The second-order valence-corrected chi connectivity index (χ2v) is 5.25. The summed E-state index contributed by atoms with van der Waals surface area (Å²) in [6.07, 6.45) is 7.29. The zero-order valence-electron chi connectivity index (χ0n) is 11.6. The monoisotopic (exact) mass is 272 g/mol. The van der Waals surface area contributed by atoms with E-state index in [1.807, 2.05) is 28.8 Å². The van der Waals surface area contributed by atoms with Crippen molar-refractivity contribution in [1.29, 1.82) is 0 Å². The van der Waals surface area contributed by atoms with Crippen molar-refractivity contribution < 1.29 is 4.79 Å². The summed E-state index contributed by atoms with van der Waals surface area (Å²) >= 11 is 0. The molecule has 1 saturated heterocycles. The van der Waals surface area contributed by atoms with Crippen molar-refractivity contribution in [2.75, 3.05) is 26.2 Å². The lowest BCUT2D eigenvalue weighted by molar-refractivity contribution is 0.0947. The lowest BCUT2D eigenvalue weighted by Crippen LogP contribution is -2.28. The molecule has 20 heavy (non-hydrogen) atoms. The van der Waals surface area contributed by atoms with Crippen molar-refractivity contribution in [3.05, 3.63) is 36.3 Å². The summed E-state index contributed by atoms with van der Waals surface area (Å²) in [4.78, 5) is 18.8. The maximum absolute atomic E-state index is 12.0. The average molecular weight is 272 g/mol. The van der Waals surface area contributed by atoms with Crippen LogP contribution in [0.25, 0.3) is 5.65 Å². The molecule has 2 aromatic heterocycles. The van der Waals surface area contributed by atoms with Gasteiger partial charge in [-0.05, 0) is 51.0 Å². The first-order valence-electron chi connectivity index (χ1n) is 7.27. The molecule has 106 valence electrons. The van der Waals surface area contributed by atoms with Crippen LogP contribution in [-0.2, 0) is 0 Å². The standard InChI is InChI=1S/C15H20N4O/c20-15(16-7-5-10-18-8-3-4-9-18)13-12-19-11-2-1-6-14(19)17-13/h1-2,6,11-12H,3-5,7-10H2,(H,16,20). The molecule has 3 heterocycles. The first kappa shape index (κ1) is 13.1. The third kappa shape index (κ3) is 2.99. The first-order chi connectivity index (χ1) is 9.83. The summed E-state index contributed by atoms with van der Waals surface area (Å²) in [6.45, 7) is 4.20. The molecule has 0 radical (unpaired) electrons. The molecule has 0 aromatic carbocycles. The number of nitrogens with zero attached hydrogens (tertiary/aromatic N) is 3. The van der Waals surface area contributed by atoms with Gasteiger partial charge >= 0.3 is 0 Å². The summed E-state index contributed by atoms with van der Waals surface area (Å²) in [6, 6.07) is 5.73. The normalized spacial score (nSPS) is 15.8. The molecule has 1 N–H and O–H groups in total. The fourth-order valence-corrected chi connectivity index (χ4v) is 2.65. The highest BCUT2D eigenvalue weighted by atomic mass is 16.1. The molecule has 1 amide bonds. The first-order valence-corrected chi connectivity index (χ1v) is 7.27. The number of hydrogen-bond donors (Lipinski definition) is 1. The van der Waals surface area contributed by atoms with Gasteiger partial charge in [0.1, 0.15) is 11.3 Å². The number of amides is 1. The Hall–Kier alpha value is -1.88. The smallest absolute Gasteiger partial charge is 0.271 e. The van der Waals surface area contributed by atoms with Crippen LogP contribution < -0.4 is 5.32 Å². The molecule has 0 atom stereocenters. The molecule has 0 saturated carbocycles. The van der Waals surface area contributed by atoms with E-state index < -0.39 is 0 Å². The quantitative estimate of drug-likeness (QED) is 0.840. The number of carbonyl (C=O) groups is 1. The molecule has 1 aliphatic rings. The van der Waals surface area contributed by atoms with Crippen LogP contribution in [0.15, 0.2) is 30.6 Å². The highest BCUT2D eigenvalue weighted by Crippen LogP contribution is 2.07. The molecular weight excluding hydrogens is 252 g/mol. The van der Waals surface area contributed by atoms with E-state index in [1.54, 1.807) is 6.20 Å². The Morgan fingerprint density at radius 2 is 2.15 bits per heavy atom. The number of nitrogens with one attached hydrogen (secondary N) is 1. The molecule has 1 aliphatic heterocycles. The minimum atomic E-state index is -0.0879. The van der Waals surface area contributed by atoms with Crippen molar-refractivity contribution in [1.82, 2.24) is 19.6 Å². The molecule has 0 aliphatic carbocycles. The summed E-state index contributed by atoms with van der Waals surface area (Å²) in [5, 5.41) is 2.94. The van der Waals surface area contributed by atoms with Gasteiger partial charge in [0.2, 0.25) is 0 Å². The largest absolute Gasteiger partial charge is 0.351 e. The molecule has 5 nitrogen and oxygen atoms in total. The Bertz CT molecular complexity index is 553. The van der Waals surface area contributed by atoms with Crippen molar-refractivity contribution in [3.63, 3.8) is 0 Å². The lowest BCUT2D eigenvalue weighted by atomic mass is 10.3. The number of pyridine rings is 1. The SMILES string of the molecule is O=C(NCCCN1CCCC1)c1cn2ccccc2n1. The van der Waals surface area contributed by atoms with E-state index in [2.05, 4.69) is 15.2 Å². The molecule has 2 aromatic rings. The fraction of sp³-hybridized carbons (Fsp3) is 0.467. The van der Waals surface area contributed by atoms with Gasteiger partial charge in [0.25, 0.3) is 5.91 Å².